The molecule has 0 amide bonds. The Bertz CT molecular complexity index is 648. The van der Waals surface area contributed by atoms with Gasteiger partial charge in [0.2, 0.25) is 0 Å². The van der Waals surface area contributed by atoms with Crippen molar-refractivity contribution >= 4 is 16.9 Å². The van der Waals surface area contributed by atoms with Crippen molar-refractivity contribution in [2.45, 2.75) is 32.4 Å². The second kappa shape index (κ2) is 5.17. The highest BCUT2D eigenvalue weighted by atomic mass is 16.5. The molecule has 1 aromatic carbocycles. The molecular weight excluding hydrogens is 256 g/mol. The van der Waals surface area contributed by atoms with Crippen LogP contribution in [-0.4, -0.2) is 28.7 Å². The predicted octanol–water partition coefficient (Wildman–Crippen LogP) is 2.06. The van der Waals surface area contributed by atoms with Gasteiger partial charge in [-0.2, -0.15) is 0 Å². The van der Waals surface area contributed by atoms with E-state index in [1.807, 2.05) is 18.2 Å². The van der Waals surface area contributed by atoms with Crippen LogP contribution in [0.25, 0.3) is 10.9 Å². The molecule has 1 aromatic heterocycles. The van der Waals surface area contributed by atoms with Crippen LogP contribution in [0.3, 0.4) is 0 Å². The lowest BCUT2D eigenvalue weighted by molar-refractivity contribution is -0.139. The fourth-order valence-corrected chi connectivity index (χ4v) is 2.65. The van der Waals surface area contributed by atoms with E-state index in [0.717, 1.165) is 34.3 Å². The van der Waals surface area contributed by atoms with E-state index in [0.29, 0.717) is 19.6 Å². The van der Waals surface area contributed by atoms with Gasteiger partial charge in [-0.3, -0.25) is 10.1 Å². The highest BCUT2D eigenvalue weighted by molar-refractivity contribution is 5.87. The van der Waals surface area contributed by atoms with Crippen LogP contribution in [-0.2, 0) is 17.8 Å². The third kappa shape index (κ3) is 2.25. The third-order valence-corrected chi connectivity index (χ3v) is 3.67. The molecular formula is C15H18N2O3. The van der Waals surface area contributed by atoms with E-state index >= 15 is 0 Å². The number of rotatable bonds is 4. The smallest absolute Gasteiger partial charge is 0.321 e. The van der Waals surface area contributed by atoms with Crippen LogP contribution in [0.4, 0.5) is 0 Å². The number of carboxylic acid groups (broad SMARTS) is 1. The van der Waals surface area contributed by atoms with Gasteiger partial charge in [-0.15, -0.1) is 0 Å². The number of fused-ring (bicyclic) bond motifs is 3. The van der Waals surface area contributed by atoms with Crippen LogP contribution in [0, 0.1) is 0 Å². The number of aromatic amines is 1. The lowest BCUT2D eigenvalue weighted by atomic mass is 9.98. The number of aliphatic carboxylic acids is 1. The number of hydrogen-bond donors (Lipinski definition) is 3. The molecule has 0 saturated carbocycles. The van der Waals surface area contributed by atoms with Crippen molar-refractivity contribution in [1.82, 2.24) is 10.3 Å². The first kappa shape index (κ1) is 13.0. The summed E-state index contributed by atoms with van der Waals surface area (Å²) in [5, 5.41) is 13.2. The molecule has 0 spiro atoms. The van der Waals surface area contributed by atoms with Crippen molar-refractivity contribution < 1.29 is 14.6 Å². The average molecular weight is 274 g/mol. The molecule has 1 aliphatic rings. The largest absolute Gasteiger partial charge is 0.494 e. The Kier molecular flexibility index (Phi) is 3.36. The number of nitrogens with one attached hydrogen (secondary N) is 2. The lowest BCUT2D eigenvalue weighted by Crippen LogP contribution is -2.41. The van der Waals surface area contributed by atoms with E-state index in [9.17, 15) is 4.79 Å². The van der Waals surface area contributed by atoms with E-state index in [4.69, 9.17) is 9.84 Å². The van der Waals surface area contributed by atoms with Crippen molar-refractivity contribution in [2.24, 2.45) is 0 Å². The van der Waals surface area contributed by atoms with Crippen molar-refractivity contribution in [3.63, 3.8) is 0 Å². The van der Waals surface area contributed by atoms with E-state index in [1.54, 1.807) is 0 Å². The van der Waals surface area contributed by atoms with Gasteiger partial charge in [0.15, 0.2) is 0 Å². The summed E-state index contributed by atoms with van der Waals surface area (Å²) in [7, 11) is 0. The van der Waals surface area contributed by atoms with E-state index in [2.05, 4.69) is 17.2 Å². The molecule has 5 nitrogen and oxygen atoms in total. The minimum Gasteiger partial charge on any atom is -0.494 e. The van der Waals surface area contributed by atoms with Gasteiger partial charge in [-0.05, 0) is 30.2 Å². The monoisotopic (exact) mass is 274 g/mol. The van der Waals surface area contributed by atoms with Gasteiger partial charge in [-0.25, -0.2) is 0 Å². The van der Waals surface area contributed by atoms with E-state index < -0.39 is 12.0 Å². The van der Waals surface area contributed by atoms with Gasteiger partial charge in [0.25, 0.3) is 0 Å². The standard InChI is InChI=1S/C15H18N2O3/c1-2-5-20-9-3-4-12-10(6-9)11-7-13(15(18)19)16-8-14(11)17-12/h3-4,6,13,16-17H,2,5,7-8H2,1H3,(H,18,19). The van der Waals surface area contributed by atoms with Gasteiger partial charge in [0, 0.05) is 29.6 Å². The number of benzene rings is 1. The first-order chi connectivity index (χ1) is 9.69. The molecule has 5 heteroatoms. The number of carboxylic acids is 1. The minimum absolute atomic E-state index is 0.502. The van der Waals surface area contributed by atoms with Crippen LogP contribution in [0.2, 0.25) is 0 Å². The number of aromatic nitrogens is 1. The highest BCUT2D eigenvalue weighted by Crippen LogP contribution is 2.29. The zero-order valence-electron chi connectivity index (χ0n) is 11.4. The molecule has 106 valence electrons. The average Bonchev–Trinajstić information content (AvgIpc) is 2.82. The number of H-pyrrole nitrogens is 1. The molecule has 0 radical (unpaired) electrons. The van der Waals surface area contributed by atoms with Gasteiger partial charge < -0.3 is 14.8 Å². The Balaban J connectivity index is 1.98. The SMILES string of the molecule is CCCOc1ccc2[nH]c3c(c2c1)CC(C(=O)O)NC3. The summed E-state index contributed by atoms with van der Waals surface area (Å²) in [5.74, 6) is 0.0370. The molecule has 0 bridgehead atoms. The highest BCUT2D eigenvalue weighted by Gasteiger charge is 2.26. The molecule has 20 heavy (non-hydrogen) atoms. The Morgan fingerprint density at radius 1 is 1.50 bits per heavy atom. The van der Waals surface area contributed by atoms with Gasteiger partial charge in [0.05, 0.1) is 6.61 Å². The molecule has 3 N–H and O–H groups in total. The number of hydrogen-bond acceptors (Lipinski definition) is 3. The topological polar surface area (TPSA) is 74.4 Å². The first-order valence-corrected chi connectivity index (χ1v) is 6.91. The molecule has 0 saturated heterocycles. The Hall–Kier alpha value is -2.01. The summed E-state index contributed by atoms with van der Waals surface area (Å²) in [6, 6.07) is 5.43. The van der Waals surface area contributed by atoms with Crippen molar-refractivity contribution in [3.8, 4) is 5.75 Å². The number of ether oxygens (including phenoxy) is 1. The van der Waals surface area contributed by atoms with E-state index in [-0.39, 0.29) is 0 Å². The molecule has 2 heterocycles. The van der Waals surface area contributed by atoms with Crippen LogP contribution < -0.4 is 10.1 Å². The summed E-state index contributed by atoms with van der Waals surface area (Å²) in [6.07, 6.45) is 1.47. The maximum atomic E-state index is 11.1. The van der Waals surface area contributed by atoms with Gasteiger partial charge in [-0.1, -0.05) is 6.92 Å². The van der Waals surface area contributed by atoms with Crippen molar-refractivity contribution in [1.29, 1.82) is 0 Å². The first-order valence-electron chi connectivity index (χ1n) is 6.91. The molecule has 1 atom stereocenters. The summed E-state index contributed by atoms with van der Waals surface area (Å²) < 4.78 is 5.65. The molecule has 1 unspecified atom stereocenters. The third-order valence-electron chi connectivity index (χ3n) is 3.67. The zero-order valence-corrected chi connectivity index (χ0v) is 11.4. The maximum Gasteiger partial charge on any atom is 0.321 e. The quantitative estimate of drug-likeness (QED) is 0.797. The summed E-state index contributed by atoms with van der Waals surface area (Å²) in [4.78, 5) is 14.5. The molecule has 1 aliphatic heterocycles. The lowest BCUT2D eigenvalue weighted by Gasteiger charge is -2.20. The van der Waals surface area contributed by atoms with Crippen LogP contribution in [0.1, 0.15) is 24.6 Å². The van der Waals surface area contributed by atoms with Gasteiger partial charge in [0.1, 0.15) is 11.8 Å². The van der Waals surface area contributed by atoms with Crippen molar-refractivity contribution in [3.05, 3.63) is 29.5 Å². The predicted molar refractivity (Wildman–Crippen MR) is 76.1 cm³/mol. The fraction of sp³-hybridized carbons (Fsp3) is 0.400. The van der Waals surface area contributed by atoms with Crippen LogP contribution in [0.5, 0.6) is 5.75 Å². The molecule has 2 aromatic rings. The Morgan fingerprint density at radius 3 is 3.10 bits per heavy atom. The van der Waals surface area contributed by atoms with Crippen LogP contribution in [0.15, 0.2) is 18.2 Å². The summed E-state index contributed by atoms with van der Waals surface area (Å²) >= 11 is 0. The summed E-state index contributed by atoms with van der Waals surface area (Å²) in [6.45, 7) is 3.32. The molecule has 0 aliphatic carbocycles. The molecule has 3 rings (SSSR count). The van der Waals surface area contributed by atoms with E-state index in [1.165, 1.54) is 0 Å². The summed E-state index contributed by atoms with van der Waals surface area (Å²) in [5.41, 5.74) is 3.20. The molecule has 0 fully saturated rings. The Labute approximate surface area is 116 Å². The zero-order chi connectivity index (χ0) is 14.1. The maximum absolute atomic E-state index is 11.1. The normalized spacial score (nSPS) is 17.9. The fourth-order valence-electron chi connectivity index (χ4n) is 2.65. The number of carbonyl (C=O) groups is 1. The Morgan fingerprint density at radius 2 is 2.35 bits per heavy atom. The van der Waals surface area contributed by atoms with Crippen molar-refractivity contribution in [2.75, 3.05) is 6.61 Å². The van der Waals surface area contributed by atoms with Crippen LogP contribution >= 0.6 is 0 Å². The second-order valence-electron chi connectivity index (χ2n) is 5.11. The minimum atomic E-state index is -0.802. The second-order valence-corrected chi connectivity index (χ2v) is 5.11. The van der Waals surface area contributed by atoms with Gasteiger partial charge >= 0.3 is 5.97 Å².